The summed E-state index contributed by atoms with van der Waals surface area (Å²) in [4.78, 5) is 42.1. The second-order valence-corrected chi connectivity index (χ2v) is 8.28. The fraction of sp³-hybridized carbons (Fsp3) is 0.762. The second-order valence-electron chi connectivity index (χ2n) is 8.28. The van der Waals surface area contributed by atoms with Gasteiger partial charge in [0.15, 0.2) is 0 Å². The van der Waals surface area contributed by atoms with Crippen molar-refractivity contribution in [2.24, 2.45) is 11.8 Å². The predicted molar refractivity (Wildman–Crippen MR) is 105 cm³/mol. The molecule has 1 spiro atoms. The van der Waals surface area contributed by atoms with Crippen LogP contribution in [0.2, 0.25) is 0 Å². The Balaban J connectivity index is 1.96. The van der Waals surface area contributed by atoms with Gasteiger partial charge in [-0.25, -0.2) is 0 Å². The molecule has 2 amide bonds. The molecule has 3 heterocycles. The van der Waals surface area contributed by atoms with Gasteiger partial charge in [-0.1, -0.05) is 19.4 Å². The number of aliphatic hydroxyl groups excluding tert-OH is 1. The lowest BCUT2D eigenvalue weighted by Crippen LogP contribution is -2.56. The molecule has 0 aromatic carbocycles. The third-order valence-corrected chi connectivity index (χ3v) is 6.57. The summed E-state index contributed by atoms with van der Waals surface area (Å²) >= 11 is 0. The molecule has 5 atom stereocenters. The second kappa shape index (κ2) is 8.83. The van der Waals surface area contributed by atoms with E-state index in [1.54, 1.807) is 11.0 Å². The minimum atomic E-state index is -1.06. The first kappa shape index (κ1) is 21.8. The Morgan fingerprint density at radius 3 is 2.76 bits per heavy atom. The van der Waals surface area contributed by atoms with Crippen molar-refractivity contribution in [1.29, 1.82) is 0 Å². The number of unbranched alkanes of at least 4 members (excludes halogenated alkanes) is 2. The van der Waals surface area contributed by atoms with E-state index in [9.17, 15) is 19.5 Å². The molecule has 3 fully saturated rings. The van der Waals surface area contributed by atoms with Gasteiger partial charge in [-0.2, -0.15) is 0 Å². The van der Waals surface area contributed by atoms with Gasteiger partial charge in [-0.3, -0.25) is 14.4 Å². The molecule has 2 unspecified atom stereocenters. The van der Waals surface area contributed by atoms with E-state index in [1.165, 1.54) is 4.90 Å². The number of aliphatic hydroxyl groups is 1. The highest BCUT2D eigenvalue weighted by atomic mass is 16.5. The number of hydrogen-bond acceptors (Lipinski definition) is 5. The number of ether oxygens (including phenoxy) is 1. The molecular formula is C21H32N2O6. The maximum absolute atomic E-state index is 13.6. The standard InChI is InChI=1S/C21H32N2O6/c1-3-5-11-22(10-4-2)19(26)17-21-9-8-14(29-21)15(20(27)28)16(21)18(25)23(17)12-6-7-13-24/h4,14-17,24H,2-3,5-13H2,1H3,(H,27,28)/t14-,15+,16-,17?,21?/m0/s1. The molecule has 0 radical (unpaired) electrons. The smallest absolute Gasteiger partial charge is 0.310 e. The number of carbonyl (C=O) groups is 3. The number of rotatable bonds is 11. The quantitative estimate of drug-likeness (QED) is 0.391. The molecule has 3 aliphatic rings. The summed E-state index contributed by atoms with van der Waals surface area (Å²) in [5.74, 6) is -3.25. The summed E-state index contributed by atoms with van der Waals surface area (Å²) < 4.78 is 6.17. The van der Waals surface area contributed by atoms with Gasteiger partial charge in [0, 0.05) is 26.2 Å². The van der Waals surface area contributed by atoms with Crippen LogP contribution in [-0.2, 0) is 19.1 Å². The summed E-state index contributed by atoms with van der Waals surface area (Å²) in [6.45, 7) is 7.04. The number of carboxylic acid groups (broad SMARTS) is 1. The van der Waals surface area contributed by atoms with Gasteiger partial charge in [0.1, 0.15) is 11.6 Å². The molecule has 8 nitrogen and oxygen atoms in total. The van der Waals surface area contributed by atoms with Gasteiger partial charge in [0.2, 0.25) is 11.8 Å². The van der Waals surface area contributed by atoms with E-state index in [0.29, 0.717) is 45.3 Å². The van der Waals surface area contributed by atoms with Crippen molar-refractivity contribution in [2.45, 2.75) is 63.2 Å². The lowest BCUT2D eigenvalue weighted by molar-refractivity contribution is -0.151. The largest absolute Gasteiger partial charge is 0.481 e. The lowest BCUT2D eigenvalue weighted by atomic mass is 9.70. The van der Waals surface area contributed by atoms with Crippen LogP contribution in [0, 0.1) is 11.8 Å². The first-order valence-electron chi connectivity index (χ1n) is 10.6. The van der Waals surface area contributed by atoms with Crippen molar-refractivity contribution >= 4 is 17.8 Å². The van der Waals surface area contributed by atoms with Gasteiger partial charge >= 0.3 is 5.97 Å². The number of fused-ring (bicyclic) bond motifs is 1. The Morgan fingerprint density at radius 2 is 2.14 bits per heavy atom. The van der Waals surface area contributed by atoms with Crippen molar-refractivity contribution in [3.8, 4) is 0 Å². The van der Waals surface area contributed by atoms with Crippen LogP contribution >= 0.6 is 0 Å². The average Bonchev–Trinajstić information content (AvgIpc) is 3.33. The third kappa shape index (κ3) is 3.57. The normalized spacial score (nSPS) is 32.5. The maximum Gasteiger partial charge on any atom is 0.310 e. The zero-order chi connectivity index (χ0) is 21.2. The van der Waals surface area contributed by atoms with Gasteiger partial charge in [0.05, 0.1) is 17.9 Å². The van der Waals surface area contributed by atoms with Crippen molar-refractivity contribution < 1.29 is 29.3 Å². The van der Waals surface area contributed by atoms with Crippen LogP contribution in [0.25, 0.3) is 0 Å². The number of nitrogens with zero attached hydrogens (tertiary/aromatic N) is 2. The summed E-state index contributed by atoms with van der Waals surface area (Å²) in [5.41, 5.74) is -1.06. The minimum absolute atomic E-state index is 0.00459. The van der Waals surface area contributed by atoms with E-state index in [4.69, 9.17) is 9.84 Å². The van der Waals surface area contributed by atoms with Crippen molar-refractivity contribution in [3.05, 3.63) is 12.7 Å². The molecule has 3 aliphatic heterocycles. The summed E-state index contributed by atoms with van der Waals surface area (Å²) in [5, 5.41) is 18.9. The fourth-order valence-electron chi connectivity index (χ4n) is 5.32. The first-order chi connectivity index (χ1) is 13.9. The van der Waals surface area contributed by atoms with E-state index in [2.05, 4.69) is 6.58 Å². The highest BCUT2D eigenvalue weighted by Gasteiger charge is 2.74. The molecule has 0 saturated carbocycles. The van der Waals surface area contributed by atoms with Crippen LogP contribution in [0.3, 0.4) is 0 Å². The Labute approximate surface area is 171 Å². The van der Waals surface area contributed by atoms with E-state index in [0.717, 1.165) is 12.8 Å². The molecule has 0 aliphatic carbocycles. The van der Waals surface area contributed by atoms with Gasteiger partial charge in [-0.15, -0.1) is 6.58 Å². The Bertz CT molecular complexity index is 668. The van der Waals surface area contributed by atoms with Crippen molar-refractivity contribution in [2.75, 3.05) is 26.2 Å². The fourth-order valence-corrected chi connectivity index (χ4v) is 5.32. The van der Waals surface area contributed by atoms with E-state index >= 15 is 0 Å². The summed E-state index contributed by atoms with van der Waals surface area (Å²) in [6, 6.07) is -0.815. The van der Waals surface area contributed by atoms with E-state index in [-0.39, 0.29) is 18.4 Å². The van der Waals surface area contributed by atoms with Crippen molar-refractivity contribution in [3.63, 3.8) is 0 Å². The maximum atomic E-state index is 13.6. The number of carboxylic acids is 1. The predicted octanol–water partition coefficient (Wildman–Crippen LogP) is 1.03. The highest BCUT2D eigenvalue weighted by molar-refractivity contribution is 5.98. The van der Waals surface area contributed by atoms with Crippen molar-refractivity contribution in [1.82, 2.24) is 9.80 Å². The topological polar surface area (TPSA) is 107 Å². The zero-order valence-electron chi connectivity index (χ0n) is 17.1. The lowest BCUT2D eigenvalue weighted by Gasteiger charge is -2.36. The van der Waals surface area contributed by atoms with Crippen LogP contribution in [0.4, 0.5) is 0 Å². The van der Waals surface area contributed by atoms with Crippen LogP contribution in [-0.4, -0.2) is 81.8 Å². The van der Waals surface area contributed by atoms with Gasteiger partial charge < -0.3 is 24.7 Å². The number of carbonyl (C=O) groups excluding carboxylic acids is 2. The molecule has 29 heavy (non-hydrogen) atoms. The Hall–Kier alpha value is -1.93. The van der Waals surface area contributed by atoms with Crippen LogP contribution in [0.15, 0.2) is 12.7 Å². The first-order valence-corrected chi connectivity index (χ1v) is 10.6. The third-order valence-electron chi connectivity index (χ3n) is 6.57. The number of aliphatic carboxylic acids is 1. The Morgan fingerprint density at radius 1 is 1.38 bits per heavy atom. The highest BCUT2D eigenvalue weighted by Crippen LogP contribution is 2.58. The summed E-state index contributed by atoms with van der Waals surface area (Å²) in [7, 11) is 0. The molecule has 2 N–H and O–H groups in total. The molecule has 8 heteroatoms. The Kier molecular flexibility index (Phi) is 6.63. The van der Waals surface area contributed by atoms with Gasteiger partial charge in [0.25, 0.3) is 0 Å². The van der Waals surface area contributed by atoms with Crippen LogP contribution < -0.4 is 0 Å². The number of amides is 2. The molecule has 3 saturated heterocycles. The molecular weight excluding hydrogens is 376 g/mol. The van der Waals surface area contributed by atoms with E-state index < -0.39 is 35.6 Å². The minimum Gasteiger partial charge on any atom is -0.481 e. The zero-order valence-corrected chi connectivity index (χ0v) is 17.1. The van der Waals surface area contributed by atoms with Crippen LogP contribution in [0.5, 0.6) is 0 Å². The van der Waals surface area contributed by atoms with Crippen LogP contribution in [0.1, 0.15) is 45.4 Å². The molecule has 0 aromatic heterocycles. The number of hydrogen-bond donors (Lipinski definition) is 2. The molecule has 2 bridgehead atoms. The average molecular weight is 408 g/mol. The van der Waals surface area contributed by atoms with E-state index in [1.807, 2.05) is 6.92 Å². The monoisotopic (exact) mass is 408 g/mol. The number of likely N-dealkylation sites (tertiary alicyclic amines) is 1. The van der Waals surface area contributed by atoms with Gasteiger partial charge in [-0.05, 0) is 32.1 Å². The molecule has 0 aromatic rings. The molecule has 3 rings (SSSR count). The summed E-state index contributed by atoms with van der Waals surface area (Å²) in [6.07, 6.45) is 5.04. The SMILES string of the molecule is C=CCN(CCCC)C(=O)C1N(CCCCO)C(=O)[C@@H]2[C@H](C(=O)O)[C@@H]3CCC12O3. The molecule has 162 valence electrons.